The first kappa shape index (κ1) is 22.9. The number of ether oxygens (including phenoxy) is 3. The highest BCUT2D eigenvalue weighted by Gasteiger charge is 2.33. The molecule has 3 aromatic rings. The fourth-order valence-electron chi connectivity index (χ4n) is 4.94. The van der Waals surface area contributed by atoms with Gasteiger partial charge in [0.2, 0.25) is 0 Å². The molecule has 0 saturated heterocycles. The molecule has 5 rings (SSSR count). The summed E-state index contributed by atoms with van der Waals surface area (Å²) in [7, 11) is 1.67. The number of hydrogen-bond acceptors (Lipinski definition) is 5. The quantitative estimate of drug-likeness (QED) is 0.404. The molecule has 0 radical (unpaired) electrons. The smallest absolute Gasteiger partial charge is 0.256 e. The third kappa shape index (κ3) is 4.98. The lowest BCUT2D eigenvalue weighted by molar-refractivity contribution is -0.149. The average molecular weight is 478 g/mol. The van der Waals surface area contributed by atoms with Gasteiger partial charge in [0.15, 0.2) is 17.6 Å². The predicted molar refractivity (Wildman–Crippen MR) is 133 cm³/mol. The lowest BCUT2D eigenvalue weighted by atomic mass is 9.97. The molecule has 1 amide bonds. The summed E-state index contributed by atoms with van der Waals surface area (Å²) in [6, 6.07) is 18.0. The molecule has 2 aromatic carbocycles. The number of nitrogens with zero attached hydrogens (tertiary/aromatic N) is 1. The zero-order chi connectivity index (χ0) is 23.3. The Balaban J connectivity index is 1.36. The van der Waals surface area contributed by atoms with E-state index in [1.807, 2.05) is 47.4 Å². The zero-order valence-electron chi connectivity index (χ0n) is 19.6. The summed E-state index contributed by atoms with van der Waals surface area (Å²) in [6.07, 6.45) is 4.74. The highest BCUT2D eigenvalue weighted by Crippen LogP contribution is 2.38. The van der Waals surface area contributed by atoms with E-state index in [1.165, 1.54) is 17.7 Å². The summed E-state index contributed by atoms with van der Waals surface area (Å²) in [4.78, 5) is 16.8. The molecule has 0 N–H and O–H groups in total. The SMILES string of the molecule is COc1ccc2c(c1OCc1cccs1)CCN(C(=O)[C@@H](OC1CCCC1)c1ccccc1)C2. The maximum absolute atomic E-state index is 13.7. The standard InChI is InChI=1S/C28H31NO4S/c1-31-25-14-13-21-18-29(16-15-24(21)27(25)32-19-23-12-7-17-34-23)28(30)26(20-8-3-2-4-9-20)33-22-10-5-6-11-22/h2-4,7-9,12-14,17,22,26H,5-6,10-11,15-16,18-19H2,1H3/t26-/m0/s1. The van der Waals surface area contributed by atoms with Crippen LogP contribution in [-0.2, 0) is 29.1 Å². The van der Waals surface area contributed by atoms with Crippen molar-refractivity contribution in [2.24, 2.45) is 0 Å². The zero-order valence-corrected chi connectivity index (χ0v) is 20.4. The van der Waals surface area contributed by atoms with Crippen LogP contribution in [0.2, 0.25) is 0 Å². The van der Waals surface area contributed by atoms with Crippen LogP contribution in [0.1, 0.15) is 53.4 Å². The van der Waals surface area contributed by atoms with Crippen LogP contribution in [0.5, 0.6) is 11.5 Å². The largest absolute Gasteiger partial charge is 0.493 e. The lowest BCUT2D eigenvalue weighted by Crippen LogP contribution is -2.40. The molecule has 0 spiro atoms. The minimum Gasteiger partial charge on any atom is -0.493 e. The molecule has 1 atom stereocenters. The Morgan fingerprint density at radius 2 is 1.91 bits per heavy atom. The van der Waals surface area contributed by atoms with E-state index in [9.17, 15) is 4.79 Å². The minimum atomic E-state index is -0.557. The second kappa shape index (κ2) is 10.6. The number of benzene rings is 2. The van der Waals surface area contributed by atoms with Crippen LogP contribution in [0.15, 0.2) is 60.0 Å². The van der Waals surface area contributed by atoms with Crippen molar-refractivity contribution in [1.29, 1.82) is 0 Å². The minimum absolute atomic E-state index is 0.0422. The van der Waals surface area contributed by atoms with Crippen molar-refractivity contribution in [2.75, 3.05) is 13.7 Å². The van der Waals surface area contributed by atoms with E-state index in [4.69, 9.17) is 14.2 Å². The molecule has 1 saturated carbocycles. The molecule has 1 aliphatic carbocycles. The third-order valence-corrected chi connectivity index (χ3v) is 7.59. The molecule has 2 aliphatic rings. The Labute approximate surface area is 205 Å². The van der Waals surface area contributed by atoms with Crippen molar-refractivity contribution in [3.05, 3.63) is 81.5 Å². The Bertz CT molecular complexity index is 1090. The monoisotopic (exact) mass is 477 g/mol. The van der Waals surface area contributed by atoms with E-state index >= 15 is 0 Å². The van der Waals surface area contributed by atoms with Gasteiger partial charge in [0.25, 0.3) is 5.91 Å². The van der Waals surface area contributed by atoms with E-state index in [1.54, 1.807) is 18.4 Å². The van der Waals surface area contributed by atoms with E-state index in [0.29, 0.717) is 19.7 Å². The molecular formula is C28H31NO4S. The van der Waals surface area contributed by atoms with Gasteiger partial charge in [-0.05, 0) is 47.9 Å². The van der Waals surface area contributed by atoms with Gasteiger partial charge in [0, 0.05) is 23.5 Å². The first-order chi connectivity index (χ1) is 16.7. The summed E-state index contributed by atoms with van der Waals surface area (Å²) in [6.45, 7) is 1.69. The van der Waals surface area contributed by atoms with Crippen molar-refractivity contribution in [1.82, 2.24) is 4.90 Å². The Kier molecular flexibility index (Phi) is 7.16. The normalized spacial score (nSPS) is 16.8. The van der Waals surface area contributed by atoms with Gasteiger partial charge in [-0.2, -0.15) is 0 Å². The van der Waals surface area contributed by atoms with Crippen LogP contribution >= 0.6 is 11.3 Å². The van der Waals surface area contributed by atoms with Gasteiger partial charge in [-0.25, -0.2) is 0 Å². The lowest BCUT2D eigenvalue weighted by Gasteiger charge is -2.33. The van der Waals surface area contributed by atoms with Gasteiger partial charge >= 0.3 is 0 Å². The van der Waals surface area contributed by atoms with Gasteiger partial charge in [-0.1, -0.05) is 55.3 Å². The predicted octanol–water partition coefficient (Wildman–Crippen LogP) is 5.92. The second-order valence-corrected chi connectivity index (χ2v) is 9.98. The maximum atomic E-state index is 13.7. The first-order valence-corrected chi connectivity index (χ1v) is 12.9. The van der Waals surface area contributed by atoms with Crippen LogP contribution < -0.4 is 9.47 Å². The topological polar surface area (TPSA) is 48.0 Å². The summed E-state index contributed by atoms with van der Waals surface area (Å²) in [5.74, 6) is 1.57. The number of rotatable bonds is 8. The van der Waals surface area contributed by atoms with E-state index < -0.39 is 6.10 Å². The number of amides is 1. The number of thiophene rings is 1. The maximum Gasteiger partial charge on any atom is 0.256 e. The molecule has 6 heteroatoms. The Morgan fingerprint density at radius 1 is 1.09 bits per heavy atom. The van der Waals surface area contributed by atoms with E-state index in [0.717, 1.165) is 47.5 Å². The fourth-order valence-corrected chi connectivity index (χ4v) is 5.55. The molecule has 1 aliphatic heterocycles. The molecule has 34 heavy (non-hydrogen) atoms. The number of methoxy groups -OCH3 is 1. The molecule has 1 aromatic heterocycles. The van der Waals surface area contributed by atoms with Gasteiger partial charge in [0.05, 0.1) is 13.2 Å². The molecule has 2 heterocycles. The number of hydrogen-bond donors (Lipinski definition) is 0. The third-order valence-electron chi connectivity index (χ3n) is 6.74. The van der Waals surface area contributed by atoms with E-state index in [2.05, 4.69) is 17.5 Å². The van der Waals surface area contributed by atoms with Gasteiger partial charge in [-0.15, -0.1) is 11.3 Å². The van der Waals surface area contributed by atoms with Crippen molar-refractivity contribution in [3.8, 4) is 11.5 Å². The molecule has 0 unspecified atom stereocenters. The first-order valence-electron chi connectivity index (χ1n) is 12.1. The Morgan fingerprint density at radius 3 is 2.65 bits per heavy atom. The molecular weight excluding hydrogens is 446 g/mol. The Hall–Kier alpha value is -2.83. The number of fused-ring (bicyclic) bond motifs is 1. The van der Waals surface area contributed by atoms with Crippen molar-refractivity contribution in [2.45, 2.75) is 57.5 Å². The van der Waals surface area contributed by atoms with Crippen molar-refractivity contribution < 1.29 is 19.0 Å². The fraction of sp³-hybridized carbons (Fsp3) is 0.393. The van der Waals surface area contributed by atoms with Crippen LogP contribution in [0, 0.1) is 0 Å². The molecule has 5 nitrogen and oxygen atoms in total. The molecule has 1 fully saturated rings. The van der Waals surface area contributed by atoms with Crippen LogP contribution in [0.4, 0.5) is 0 Å². The summed E-state index contributed by atoms with van der Waals surface area (Å²) >= 11 is 1.68. The van der Waals surface area contributed by atoms with Gasteiger partial charge in [0.1, 0.15) is 6.61 Å². The van der Waals surface area contributed by atoms with Crippen molar-refractivity contribution in [3.63, 3.8) is 0 Å². The molecule has 0 bridgehead atoms. The summed E-state index contributed by atoms with van der Waals surface area (Å²) in [5.41, 5.74) is 3.17. The second-order valence-electron chi connectivity index (χ2n) is 8.95. The summed E-state index contributed by atoms with van der Waals surface area (Å²) < 4.78 is 18.2. The van der Waals surface area contributed by atoms with Crippen LogP contribution in [0.3, 0.4) is 0 Å². The number of carbonyl (C=O) groups excluding carboxylic acids is 1. The van der Waals surface area contributed by atoms with Gasteiger partial charge < -0.3 is 19.1 Å². The highest BCUT2D eigenvalue weighted by molar-refractivity contribution is 7.09. The average Bonchev–Trinajstić information content (AvgIpc) is 3.60. The van der Waals surface area contributed by atoms with E-state index in [-0.39, 0.29) is 12.0 Å². The van der Waals surface area contributed by atoms with Crippen LogP contribution in [0.25, 0.3) is 0 Å². The van der Waals surface area contributed by atoms with Crippen molar-refractivity contribution >= 4 is 17.2 Å². The number of carbonyl (C=O) groups is 1. The van der Waals surface area contributed by atoms with Crippen LogP contribution in [-0.4, -0.2) is 30.6 Å². The van der Waals surface area contributed by atoms with Gasteiger partial charge in [-0.3, -0.25) is 4.79 Å². The highest BCUT2D eigenvalue weighted by atomic mass is 32.1. The summed E-state index contributed by atoms with van der Waals surface area (Å²) in [5, 5.41) is 2.05. The molecule has 178 valence electrons.